The molecule has 4 heteroatoms. The fourth-order valence-corrected chi connectivity index (χ4v) is 4.94. The second-order valence-corrected chi connectivity index (χ2v) is 8.72. The van der Waals surface area contributed by atoms with Gasteiger partial charge in [0.1, 0.15) is 0 Å². The molecule has 1 aliphatic carbocycles. The van der Waals surface area contributed by atoms with Crippen LogP contribution in [-0.2, 0) is 6.54 Å². The summed E-state index contributed by atoms with van der Waals surface area (Å²) in [5, 5.41) is 16.4. The molecule has 5 rings (SSSR count). The molecule has 0 saturated carbocycles. The first-order valence-electron chi connectivity index (χ1n) is 10.9. The van der Waals surface area contributed by atoms with Crippen LogP contribution in [0, 0.1) is 13.8 Å². The maximum atomic E-state index is 4.60. The number of aryl methyl sites for hydroxylation is 2. The number of aromatic nitrogens is 3. The molecule has 0 radical (unpaired) electrons. The minimum Gasteiger partial charge on any atom is -0.364 e. The van der Waals surface area contributed by atoms with Crippen LogP contribution in [0.4, 0.5) is 5.82 Å². The maximum Gasteiger partial charge on any atom is 0.156 e. The Balaban J connectivity index is 1.61. The number of hydrogen-bond donors (Lipinski definition) is 2. The molecule has 4 nitrogen and oxygen atoms in total. The van der Waals surface area contributed by atoms with Crippen LogP contribution in [0.5, 0.6) is 0 Å². The first-order valence-corrected chi connectivity index (χ1v) is 10.9. The molecule has 0 saturated heterocycles. The summed E-state index contributed by atoms with van der Waals surface area (Å²) in [4.78, 5) is 3.29. The SMILES string of the molecule is CC1=c2c(C)nnc(NCc3cccc4[nH]ccc34)c2=C(C)C(c2ccc(C)cc2)C1. The van der Waals surface area contributed by atoms with Crippen molar-refractivity contribution in [1.82, 2.24) is 15.2 Å². The highest BCUT2D eigenvalue weighted by Crippen LogP contribution is 2.33. The van der Waals surface area contributed by atoms with E-state index < -0.39 is 0 Å². The third-order valence-electron chi connectivity index (χ3n) is 6.61. The Kier molecular flexibility index (Phi) is 4.85. The number of hydrogen-bond acceptors (Lipinski definition) is 3. The summed E-state index contributed by atoms with van der Waals surface area (Å²) in [6.07, 6.45) is 3.01. The predicted molar refractivity (Wildman–Crippen MR) is 128 cm³/mol. The van der Waals surface area contributed by atoms with Gasteiger partial charge in [-0.3, -0.25) is 0 Å². The van der Waals surface area contributed by atoms with Gasteiger partial charge < -0.3 is 10.3 Å². The molecule has 156 valence electrons. The standard InChI is InChI=1S/C27H28N4/c1-16-8-10-20(11-9-16)23-14-17(2)25-19(4)30-31-27(26(25)18(23)3)29-15-21-6-5-7-24-22(21)12-13-28-24/h5-13,23,28H,14-15H2,1-4H3,(H,29,31). The third kappa shape index (κ3) is 3.42. The van der Waals surface area contributed by atoms with Crippen LogP contribution in [0.3, 0.4) is 0 Å². The van der Waals surface area contributed by atoms with Gasteiger partial charge in [-0.15, -0.1) is 5.10 Å². The molecule has 0 amide bonds. The largest absolute Gasteiger partial charge is 0.364 e. The van der Waals surface area contributed by atoms with Gasteiger partial charge in [0.25, 0.3) is 0 Å². The van der Waals surface area contributed by atoms with Gasteiger partial charge in [0.15, 0.2) is 5.82 Å². The molecule has 0 spiro atoms. The topological polar surface area (TPSA) is 53.6 Å². The summed E-state index contributed by atoms with van der Waals surface area (Å²) in [6.45, 7) is 9.42. The van der Waals surface area contributed by atoms with E-state index in [1.54, 1.807) is 0 Å². The van der Waals surface area contributed by atoms with Crippen LogP contribution in [-0.4, -0.2) is 15.2 Å². The Bertz CT molecular complexity index is 1390. The summed E-state index contributed by atoms with van der Waals surface area (Å²) < 4.78 is 0. The molecule has 1 unspecified atom stereocenters. The normalized spacial score (nSPS) is 15.9. The Morgan fingerprint density at radius 1 is 0.935 bits per heavy atom. The summed E-state index contributed by atoms with van der Waals surface area (Å²) in [5.74, 6) is 1.24. The number of aromatic amines is 1. The summed E-state index contributed by atoms with van der Waals surface area (Å²) >= 11 is 0. The predicted octanol–water partition coefficient (Wildman–Crippen LogP) is 4.72. The minimum absolute atomic E-state index is 0.366. The van der Waals surface area contributed by atoms with Gasteiger partial charge in [0.05, 0.1) is 5.69 Å². The van der Waals surface area contributed by atoms with Crippen LogP contribution in [0.25, 0.3) is 22.0 Å². The lowest BCUT2D eigenvalue weighted by Crippen LogP contribution is -2.40. The first kappa shape index (κ1) is 19.6. The van der Waals surface area contributed by atoms with Crippen molar-refractivity contribution in [3.8, 4) is 0 Å². The van der Waals surface area contributed by atoms with E-state index in [0.717, 1.165) is 23.4 Å². The van der Waals surface area contributed by atoms with Crippen molar-refractivity contribution in [1.29, 1.82) is 0 Å². The quantitative estimate of drug-likeness (QED) is 0.514. The van der Waals surface area contributed by atoms with Crippen molar-refractivity contribution in [2.45, 2.75) is 46.6 Å². The molecule has 2 heterocycles. The van der Waals surface area contributed by atoms with Crippen molar-refractivity contribution < 1.29 is 0 Å². The molecule has 4 aromatic rings. The fourth-order valence-electron chi connectivity index (χ4n) is 4.94. The molecular weight excluding hydrogens is 380 g/mol. The number of H-pyrrole nitrogens is 1. The zero-order valence-electron chi connectivity index (χ0n) is 18.6. The summed E-state index contributed by atoms with van der Waals surface area (Å²) in [5.41, 5.74) is 8.82. The van der Waals surface area contributed by atoms with Gasteiger partial charge in [-0.1, -0.05) is 53.1 Å². The second kappa shape index (κ2) is 7.69. The average molecular weight is 409 g/mol. The van der Waals surface area contributed by atoms with E-state index in [1.807, 2.05) is 6.20 Å². The fraction of sp³-hybridized carbons (Fsp3) is 0.259. The van der Waals surface area contributed by atoms with E-state index in [1.165, 1.54) is 43.7 Å². The van der Waals surface area contributed by atoms with Crippen LogP contribution >= 0.6 is 0 Å². The van der Waals surface area contributed by atoms with E-state index >= 15 is 0 Å². The van der Waals surface area contributed by atoms with Crippen LogP contribution < -0.4 is 15.8 Å². The van der Waals surface area contributed by atoms with Gasteiger partial charge >= 0.3 is 0 Å². The molecule has 0 aliphatic heterocycles. The van der Waals surface area contributed by atoms with Gasteiger partial charge in [0.2, 0.25) is 0 Å². The van der Waals surface area contributed by atoms with Crippen LogP contribution in [0.2, 0.25) is 0 Å². The molecule has 1 atom stereocenters. The zero-order chi connectivity index (χ0) is 21.5. The lowest BCUT2D eigenvalue weighted by molar-refractivity contribution is 0.839. The van der Waals surface area contributed by atoms with Gasteiger partial charge in [-0.05, 0) is 57.4 Å². The Labute approximate surface area is 182 Å². The molecule has 1 aliphatic rings. The highest BCUT2D eigenvalue weighted by atomic mass is 15.2. The van der Waals surface area contributed by atoms with Gasteiger partial charge in [-0.2, -0.15) is 5.10 Å². The molecule has 2 aromatic heterocycles. The number of nitrogens with one attached hydrogen (secondary N) is 2. The minimum atomic E-state index is 0.366. The highest BCUT2D eigenvalue weighted by Gasteiger charge is 2.22. The average Bonchev–Trinajstić information content (AvgIpc) is 3.25. The van der Waals surface area contributed by atoms with Crippen molar-refractivity contribution in [3.05, 3.63) is 87.5 Å². The molecule has 2 N–H and O–H groups in total. The van der Waals surface area contributed by atoms with Crippen molar-refractivity contribution in [3.63, 3.8) is 0 Å². The molecule has 0 bridgehead atoms. The van der Waals surface area contributed by atoms with E-state index in [-0.39, 0.29) is 0 Å². The van der Waals surface area contributed by atoms with Crippen LogP contribution in [0.1, 0.15) is 48.6 Å². The second-order valence-electron chi connectivity index (χ2n) is 8.72. The number of nitrogens with zero attached hydrogens (tertiary/aromatic N) is 2. The Morgan fingerprint density at radius 2 is 1.74 bits per heavy atom. The highest BCUT2D eigenvalue weighted by molar-refractivity contribution is 5.83. The first-order chi connectivity index (χ1) is 15.0. The lowest BCUT2D eigenvalue weighted by atomic mass is 9.81. The zero-order valence-corrected chi connectivity index (χ0v) is 18.6. The lowest BCUT2D eigenvalue weighted by Gasteiger charge is -2.25. The summed E-state index contributed by atoms with van der Waals surface area (Å²) in [6, 6.07) is 17.4. The van der Waals surface area contributed by atoms with E-state index in [9.17, 15) is 0 Å². The number of anilines is 1. The van der Waals surface area contributed by atoms with Crippen LogP contribution in [0.15, 0.2) is 54.7 Å². The number of fused-ring (bicyclic) bond motifs is 2. The maximum absolute atomic E-state index is 4.60. The third-order valence-corrected chi connectivity index (χ3v) is 6.61. The number of rotatable bonds is 4. The van der Waals surface area contributed by atoms with Crippen molar-refractivity contribution in [2.75, 3.05) is 5.32 Å². The van der Waals surface area contributed by atoms with Gasteiger partial charge in [-0.25, -0.2) is 0 Å². The van der Waals surface area contributed by atoms with E-state index in [0.29, 0.717) is 12.5 Å². The van der Waals surface area contributed by atoms with E-state index in [2.05, 4.69) is 96.7 Å². The summed E-state index contributed by atoms with van der Waals surface area (Å²) in [7, 11) is 0. The smallest absolute Gasteiger partial charge is 0.156 e. The monoisotopic (exact) mass is 408 g/mol. The molecule has 2 aromatic carbocycles. The van der Waals surface area contributed by atoms with Crippen molar-refractivity contribution >= 4 is 27.9 Å². The van der Waals surface area contributed by atoms with Crippen molar-refractivity contribution in [2.24, 2.45) is 0 Å². The molecule has 0 fully saturated rings. The molecule has 31 heavy (non-hydrogen) atoms. The Morgan fingerprint density at radius 3 is 2.55 bits per heavy atom. The van der Waals surface area contributed by atoms with E-state index in [4.69, 9.17) is 0 Å². The van der Waals surface area contributed by atoms with Gasteiger partial charge in [0, 0.05) is 40.0 Å². The number of benzene rings is 2. The molecular formula is C27H28N4. The Hall–Kier alpha value is -3.40.